The summed E-state index contributed by atoms with van der Waals surface area (Å²) < 4.78 is 19.0. The van der Waals surface area contributed by atoms with Crippen molar-refractivity contribution >= 4 is 6.29 Å². The minimum absolute atomic E-state index is 0.0551. The van der Waals surface area contributed by atoms with E-state index in [1.165, 1.54) is 12.1 Å². The topological polar surface area (TPSA) is 26.3 Å². The highest BCUT2D eigenvalue weighted by atomic mass is 19.1. The highest BCUT2D eigenvalue weighted by molar-refractivity contribution is 5.76. The molecule has 2 aromatic rings. The molecule has 0 radical (unpaired) electrons. The Labute approximate surface area is 105 Å². The minimum Gasteiger partial charge on any atom is -0.489 e. The number of hydrogen-bond acceptors (Lipinski definition) is 2. The maximum absolute atomic E-state index is 13.4. The molecule has 0 unspecified atom stereocenters. The van der Waals surface area contributed by atoms with Crippen molar-refractivity contribution in [1.82, 2.24) is 0 Å². The van der Waals surface area contributed by atoms with Crippen molar-refractivity contribution < 1.29 is 13.9 Å². The van der Waals surface area contributed by atoms with E-state index in [2.05, 4.69) is 0 Å². The molecule has 3 heteroatoms. The van der Waals surface area contributed by atoms with Crippen molar-refractivity contribution in [1.29, 1.82) is 0 Å². The lowest BCUT2D eigenvalue weighted by Gasteiger charge is -2.10. The average Bonchev–Trinajstić information content (AvgIpc) is 2.40. The smallest absolute Gasteiger partial charge is 0.153 e. The monoisotopic (exact) mass is 244 g/mol. The van der Waals surface area contributed by atoms with E-state index in [4.69, 9.17) is 4.74 Å². The molecule has 2 aromatic carbocycles. The summed E-state index contributed by atoms with van der Waals surface area (Å²) in [6.07, 6.45) is 0.503. The van der Waals surface area contributed by atoms with Gasteiger partial charge < -0.3 is 4.74 Å². The molecule has 18 heavy (non-hydrogen) atoms. The zero-order valence-corrected chi connectivity index (χ0v) is 10.0. The standard InChI is InChI=1S/C15H13FO2/c1-11-7-13(9-17)14(16)8-15(11)18-10-12-5-3-2-4-6-12/h2-9H,10H2,1H3. The Hall–Kier alpha value is -2.16. The van der Waals surface area contributed by atoms with Crippen LogP contribution in [0.1, 0.15) is 21.5 Å². The maximum atomic E-state index is 13.4. The first-order valence-corrected chi connectivity index (χ1v) is 5.63. The first kappa shape index (κ1) is 12.3. The van der Waals surface area contributed by atoms with E-state index in [1.54, 1.807) is 6.92 Å². The van der Waals surface area contributed by atoms with Gasteiger partial charge in [0.2, 0.25) is 0 Å². The molecule has 0 aliphatic rings. The molecular formula is C15H13FO2. The van der Waals surface area contributed by atoms with Crippen LogP contribution in [0.4, 0.5) is 4.39 Å². The number of rotatable bonds is 4. The molecule has 0 saturated heterocycles. The SMILES string of the molecule is Cc1cc(C=O)c(F)cc1OCc1ccccc1. The molecule has 0 amide bonds. The quantitative estimate of drug-likeness (QED) is 0.769. The second-order valence-corrected chi connectivity index (χ2v) is 4.03. The number of ether oxygens (including phenoxy) is 1. The highest BCUT2D eigenvalue weighted by Gasteiger charge is 2.07. The van der Waals surface area contributed by atoms with Crippen LogP contribution in [-0.2, 0) is 6.61 Å². The lowest BCUT2D eigenvalue weighted by molar-refractivity contribution is 0.111. The predicted octanol–water partition coefficient (Wildman–Crippen LogP) is 3.53. The van der Waals surface area contributed by atoms with Gasteiger partial charge in [-0.2, -0.15) is 0 Å². The lowest BCUT2D eigenvalue weighted by Crippen LogP contribution is -1.99. The molecular weight excluding hydrogens is 231 g/mol. The molecule has 0 spiro atoms. The largest absolute Gasteiger partial charge is 0.489 e. The van der Waals surface area contributed by atoms with Crippen LogP contribution in [0.3, 0.4) is 0 Å². The number of hydrogen-bond donors (Lipinski definition) is 0. The Balaban J connectivity index is 2.15. The fourth-order valence-corrected chi connectivity index (χ4v) is 1.67. The summed E-state index contributed by atoms with van der Waals surface area (Å²) >= 11 is 0. The van der Waals surface area contributed by atoms with Gasteiger partial charge in [-0.25, -0.2) is 4.39 Å². The Morgan fingerprint density at radius 3 is 2.61 bits per heavy atom. The van der Waals surface area contributed by atoms with E-state index in [-0.39, 0.29) is 5.56 Å². The number of benzene rings is 2. The summed E-state index contributed by atoms with van der Waals surface area (Å²) in [5.74, 6) is -0.0967. The molecule has 92 valence electrons. The van der Waals surface area contributed by atoms with Gasteiger partial charge in [0.25, 0.3) is 0 Å². The van der Waals surface area contributed by atoms with E-state index >= 15 is 0 Å². The normalized spacial score (nSPS) is 10.1. The van der Waals surface area contributed by atoms with E-state index < -0.39 is 5.82 Å². The van der Waals surface area contributed by atoms with Crippen molar-refractivity contribution in [2.75, 3.05) is 0 Å². The fraction of sp³-hybridized carbons (Fsp3) is 0.133. The van der Waals surface area contributed by atoms with Gasteiger partial charge in [0, 0.05) is 6.07 Å². The Morgan fingerprint density at radius 2 is 1.94 bits per heavy atom. The third-order valence-corrected chi connectivity index (χ3v) is 2.66. The number of carbonyl (C=O) groups is 1. The van der Waals surface area contributed by atoms with Crippen LogP contribution in [-0.4, -0.2) is 6.29 Å². The summed E-state index contributed by atoms with van der Waals surface area (Å²) in [6.45, 7) is 2.16. The molecule has 0 bridgehead atoms. The molecule has 0 saturated carbocycles. The predicted molar refractivity (Wildman–Crippen MR) is 67.3 cm³/mol. The molecule has 0 aromatic heterocycles. The molecule has 0 aliphatic heterocycles. The van der Waals surface area contributed by atoms with Gasteiger partial charge in [0.1, 0.15) is 18.2 Å². The van der Waals surface area contributed by atoms with Gasteiger partial charge in [0.05, 0.1) is 5.56 Å². The first-order chi connectivity index (χ1) is 8.70. The van der Waals surface area contributed by atoms with Gasteiger partial charge in [-0.05, 0) is 24.1 Å². The van der Waals surface area contributed by atoms with Crippen molar-refractivity contribution in [3.8, 4) is 5.75 Å². The third-order valence-electron chi connectivity index (χ3n) is 2.66. The third kappa shape index (κ3) is 2.74. The van der Waals surface area contributed by atoms with Crippen LogP contribution in [0.15, 0.2) is 42.5 Å². The Morgan fingerprint density at radius 1 is 1.22 bits per heavy atom. The second-order valence-electron chi connectivity index (χ2n) is 4.03. The summed E-state index contributed by atoms with van der Waals surface area (Å²) in [5, 5.41) is 0. The van der Waals surface area contributed by atoms with Gasteiger partial charge in [-0.1, -0.05) is 30.3 Å². The molecule has 0 N–H and O–H groups in total. The average molecular weight is 244 g/mol. The summed E-state index contributed by atoms with van der Waals surface area (Å²) in [6, 6.07) is 12.4. The zero-order chi connectivity index (χ0) is 13.0. The molecule has 0 fully saturated rings. The summed E-state index contributed by atoms with van der Waals surface area (Å²) in [4.78, 5) is 10.6. The molecule has 0 aliphatic carbocycles. The van der Waals surface area contributed by atoms with Crippen LogP contribution in [0.5, 0.6) is 5.75 Å². The van der Waals surface area contributed by atoms with Gasteiger partial charge in [0.15, 0.2) is 6.29 Å². The zero-order valence-electron chi connectivity index (χ0n) is 10.0. The van der Waals surface area contributed by atoms with E-state index in [0.717, 1.165) is 11.1 Å². The van der Waals surface area contributed by atoms with Crippen molar-refractivity contribution in [3.05, 3.63) is 65.0 Å². The van der Waals surface area contributed by atoms with Gasteiger partial charge >= 0.3 is 0 Å². The number of aldehydes is 1. The number of halogens is 1. The van der Waals surface area contributed by atoms with E-state index in [0.29, 0.717) is 18.6 Å². The van der Waals surface area contributed by atoms with Crippen LogP contribution in [0.25, 0.3) is 0 Å². The van der Waals surface area contributed by atoms with Crippen molar-refractivity contribution in [2.24, 2.45) is 0 Å². The molecule has 2 nitrogen and oxygen atoms in total. The number of carbonyl (C=O) groups excluding carboxylic acids is 1. The Bertz CT molecular complexity index is 550. The summed E-state index contributed by atoms with van der Waals surface area (Å²) in [7, 11) is 0. The van der Waals surface area contributed by atoms with Crippen LogP contribution in [0.2, 0.25) is 0 Å². The molecule has 2 rings (SSSR count). The van der Waals surface area contributed by atoms with Gasteiger partial charge in [-0.3, -0.25) is 4.79 Å². The number of aryl methyl sites for hydroxylation is 1. The fourth-order valence-electron chi connectivity index (χ4n) is 1.67. The first-order valence-electron chi connectivity index (χ1n) is 5.63. The lowest BCUT2D eigenvalue weighted by atomic mass is 10.1. The second kappa shape index (κ2) is 5.45. The maximum Gasteiger partial charge on any atom is 0.153 e. The van der Waals surface area contributed by atoms with Crippen molar-refractivity contribution in [3.63, 3.8) is 0 Å². The summed E-state index contributed by atoms with van der Waals surface area (Å²) in [5.41, 5.74) is 1.81. The van der Waals surface area contributed by atoms with Crippen LogP contribution >= 0.6 is 0 Å². The van der Waals surface area contributed by atoms with Crippen LogP contribution < -0.4 is 4.74 Å². The molecule has 0 atom stereocenters. The van der Waals surface area contributed by atoms with E-state index in [1.807, 2.05) is 30.3 Å². The van der Waals surface area contributed by atoms with Crippen molar-refractivity contribution in [2.45, 2.75) is 13.5 Å². The van der Waals surface area contributed by atoms with E-state index in [9.17, 15) is 9.18 Å². The Kier molecular flexibility index (Phi) is 3.72. The molecule has 0 heterocycles. The minimum atomic E-state index is -0.557. The highest BCUT2D eigenvalue weighted by Crippen LogP contribution is 2.22. The van der Waals surface area contributed by atoms with Crippen LogP contribution in [0, 0.1) is 12.7 Å². The van der Waals surface area contributed by atoms with Gasteiger partial charge in [-0.15, -0.1) is 0 Å².